The number of hydrogen-bond donors (Lipinski definition) is 1. The van der Waals surface area contributed by atoms with E-state index in [0.29, 0.717) is 6.54 Å². The largest absolute Gasteiger partial charge is 0.323 e. The fourth-order valence-electron chi connectivity index (χ4n) is 2.35. The number of anilines is 1. The van der Waals surface area contributed by atoms with Crippen molar-refractivity contribution in [3.8, 4) is 0 Å². The maximum Gasteiger partial charge on any atom is 0.323 e. The minimum absolute atomic E-state index is 0.0894. The summed E-state index contributed by atoms with van der Waals surface area (Å²) in [7, 11) is 0. The Morgan fingerprint density at radius 3 is 2.61 bits per heavy atom. The van der Waals surface area contributed by atoms with Crippen LogP contribution in [0.15, 0.2) is 46.9 Å². The molecule has 1 N–H and O–H groups in total. The summed E-state index contributed by atoms with van der Waals surface area (Å²) in [6.07, 6.45) is 0. The van der Waals surface area contributed by atoms with Gasteiger partial charge in [-0.15, -0.1) is 11.8 Å². The van der Waals surface area contributed by atoms with Gasteiger partial charge in [-0.05, 0) is 29.8 Å². The zero-order chi connectivity index (χ0) is 16.4. The van der Waals surface area contributed by atoms with Gasteiger partial charge in [0.05, 0.1) is 0 Å². The molecule has 23 heavy (non-hydrogen) atoms. The summed E-state index contributed by atoms with van der Waals surface area (Å²) < 4.78 is 27.2. The van der Waals surface area contributed by atoms with Gasteiger partial charge in [0.25, 0.3) is 0 Å². The van der Waals surface area contributed by atoms with E-state index in [1.807, 2.05) is 24.3 Å². The van der Waals surface area contributed by atoms with Gasteiger partial charge in [-0.1, -0.05) is 28.1 Å². The molecule has 1 saturated heterocycles. The number of nitrogens with one attached hydrogen (secondary N) is 1. The van der Waals surface area contributed by atoms with E-state index in [2.05, 4.69) is 21.2 Å². The van der Waals surface area contributed by atoms with E-state index in [1.54, 1.807) is 16.7 Å². The Bertz CT molecular complexity index is 727. The molecule has 1 aliphatic rings. The van der Waals surface area contributed by atoms with Crippen molar-refractivity contribution in [3.63, 3.8) is 0 Å². The molecule has 0 aliphatic carbocycles. The summed E-state index contributed by atoms with van der Waals surface area (Å²) >= 11 is 5.06. The molecule has 3 nitrogen and oxygen atoms in total. The normalized spacial score (nSPS) is 17.3. The van der Waals surface area contributed by atoms with E-state index in [9.17, 15) is 13.6 Å². The first kappa shape index (κ1) is 16.3. The molecule has 0 aromatic heterocycles. The third kappa shape index (κ3) is 3.67. The zero-order valence-electron chi connectivity index (χ0n) is 11.9. The lowest BCUT2D eigenvalue weighted by Crippen LogP contribution is -2.34. The number of carbonyl (C=O) groups excluding carboxylic acids is 1. The van der Waals surface area contributed by atoms with Gasteiger partial charge in [0.15, 0.2) is 11.6 Å². The number of rotatable bonds is 2. The summed E-state index contributed by atoms with van der Waals surface area (Å²) in [5.41, 5.74) is 1.26. The predicted molar refractivity (Wildman–Crippen MR) is 91.4 cm³/mol. The highest BCUT2D eigenvalue weighted by Crippen LogP contribution is 2.38. The molecule has 1 unspecified atom stereocenters. The van der Waals surface area contributed by atoms with Crippen LogP contribution in [0, 0.1) is 11.6 Å². The number of benzene rings is 2. The number of urea groups is 1. The first-order valence-corrected chi connectivity index (χ1v) is 8.78. The van der Waals surface area contributed by atoms with E-state index in [-0.39, 0.29) is 17.1 Å². The molecule has 2 amide bonds. The first-order valence-electron chi connectivity index (χ1n) is 6.94. The van der Waals surface area contributed by atoms with Crippen LogP contribution in [0.5, 0.6) is 0 Å². The van der Waals surface area contributed by atoms with Gasteiger partial charge in [-0.3, -0.25) is 0 Å². The lowest BCUT2D eigenvalue weighted by molar-refractivity contribution is 0.214. The average molecular weight is 399 g/mol. The SMILES string of the molecule is O=C(Nc1ccc(F)c(F)c1)N1CCSC1c1ccc(Br)cc1. The molecule has 2 aromatic rings. The molecule has 1 heterocycles. The van der Waals surface area contributed by atoms with Crippen LogP contribution in [0.25, 0.3) is 0 Å². The Morgan fingerprint density at radius 2 is 1.91 bits per heavy atom. The Kier molecular flexibility index (Phi) is 4.87. The van der Waals surface area contributed by atoms with Crippen LogP contribution in [-0.4, -0.2) is 23.2 Å². The van der Waals surface area contributed by atoms with Crippen LogP contribution in [-0.2, 0) is 0 Å². The fourth-order valence-corrected chi connectivity index (χ4v) is 3.87. The van der Waals surface area contributed by atoms with Crippen molar-refractivity contribution < 1.29 is 13.6 Å². The molecular formula is C16H13BrF2N2OS. The maximum absolute atomic E-state index is 13.2. The number of nitrogens with zero attached hydrogens (tertiary/aromatic N) is 1. The van der Waals surface area contributed by atoms with E-state index in [1.165, 1.54) is 6.07 Å². The van der Waals surface area contributed by atoms with Crippen molar-refractivity contribution in [2.24, 2.45) is 0 Å². The highest BCUT2D eigenvalue weighted by Gasteiger charge is 2.30. The molecule has 1 aliphatic heterocycles. The Balaban J connectivity index is 1.75. The Hall–Kier alpha value is -1.60. The third-order valence-electron chi connectivity index (χ3n) is 3.48. The third-order valence-corrected chi connectivity index (χ3v) is 5.27. The summed E-state index contributed by atoms with van der Waals surface area (Å²) in [4.78, 5) is 14.1. The molecule has 0 saturated carbocycles. The molecule has 2 aromatic carbocycles. The van der Waals surface area contributed by atoms with Crippen LogP contribution in [0.1, 0.15) is 10.9 Å². The number of carbonyl (C=O) groups is 1. The van der Waals surface area contributed by atoms with Gasteiger partial charge >= 0.3 is 6.03 Å². The van der Waals surface area contributed by atoms with E-state index < -0.39 is 11.6 Å². The van der Waals surface area contributed by atoms with Crippen molar-refractivity contribution in [3.05, 3.63) is 64.1 Å². The molecule has 1 atom stereocenters. The molecule has 7 heteroatoms. The van der Waals surface area contributed by atoms with Crippen LogP contribution in [0.2, 0.25) is 0 Å². The quantitative estimate of drug-likeness (QED) is 0.771. The number of amides is 2. The van der Waals surface area contributed by atoms with Gasteiger partial charge in [-0.2, -0.15) is 0 Å². The van der Waals surface area contributed by atoms with Gasteiger partial charge in [-0.25, -0.2) is 13.6 Å². The fraction of sp³-hybridized carbons (Fsp3) is 0.188. The van der Waals surface area contributed by atoms with Gasteiger partial charge in [0.1, 0.15) is 5.37 Å². The zero-order valence-corrected chi connectivity index (χ0v) is 14.3. The van der Waals surface area contributed by atoms with Crippen molar-refractivity contribution in [2.75, 3.05) is 17.6 Å². The maximum atomic E-state index is 13.2. The standard InChI is InChI=1S/C16H13BrF2N2OS/c17-11-3-1-10(2-4-11)15-21(7-8-23-15)16(22)20-12-5-6-13(18)14(19)9-12/h1-6,9,15H,7-8H2,(H,20,22). The molecule has 120 valence electrons. The molecule has 1 fully saturated rings. The minimum Gasteiger partial charge on any atom is -0.308 e. The van der Waals surface area contributed by atoms with E-state index >= 15 is 0 Å². The second-order valence-corrected chi connectivity index (χ2v) is 7.13. The summed E-state index contributed by atoms with van der Waals surface area (Å²) in [6, 6.07) is 10.8. The predicted octanol–water partition coefficient (Wildman–Crippen LogP) is 5.01. The van der Waals surface area contributed by atoms with E-state index in [4.69, 9.17) is 0 Å². The minimum atomic E-state index is -0.983. The highest BCUT2D eigenvalue weighted by molar-refractivity contribution is 9.10. The average Bonchev–Trinajstić information content (AvgIpc) is 3.01. The van der Waals surface area contributed by atoms with Gasteiger partial charge in [0, 0.05) is 28.5 Å². The number of halogens is 3. The van der Waals surface area contributed by atoms with Crippen molar-refractivity contribution in [1.82, 2.24) is 4.90 Å². The Labute approximate surface area is 145 Å². The molecule has 0 bridgehead atoms. The van der Waals surface area contributed by atoms with Crippen LogP contribution in [0.3, 0.4) is 0 Å². The van der Waals surface area contributed by atoms with Crippen molar-refractivity contribution in [2.45, 2.75) is 5.37 Å². The number of hydrogen-bond acceptors (Lipinski definition) is 2. The monoisotopic (exact) mass is 398 g/mol. The summed E-state index contributed by atoms with van der Waals surface area (Å²) in [5.74, 6) is -1.10. The van der Waals surface area contributed by atoms with E-state index in [0.717, 1.165) is 27.9 Å². The van der Waals surface area contributed by atoms with Crippen LogP contribution in [0.4, 0.5) is 19.3 Å². The topological polar surface area (TPSA) is 32.3 Å². The van der Waals surface area contributed by atoms with Gasteiger partial charge in [0.2, 0.25) is 0 Å². The smallest absolute Gasteiger partial charge is 0.308 e. The molecule has 0 spiro atoms. The first-order chi connectivity index (χ1) is 11.0. The van der Waals surface area contributed by atoms with Crippen LogP contribution < -0.4 is 5.32 Å². The van der Waals surface area contributed by atoms with Crippen molar-refractivity contribution >= 4 is 39.4 Å². The van der Waals surface area contributed by atoms with Crippen LogP contribution >= 0.6 is 27.7 Å². The highest BCUT2D eigenvalue weighted by atomic mass is 79.9. The Morgan fingerprint density at radius 1 is 1.17 bits per heavy atom. The number of thioether (sulfide) groups is 1. The lowest BCUT2D eigenvalue weighted by atomic mass is 10.2. The molecule has 0 radical (unpaired) electrons. The summed E-state index contributed by atoms with van der Waals surface area (Å²) in [6.45, 7) is 0.598. The molecule has 3 rings (SSSR count). The second-order valence-electron chi connectivity index (χ2n) is 5.03. The van der Waals surface area contributed by atoms with Crippen molar-refractivity contribution in [1.29, 1.82) is 0 Å². The summed E-state index contributed by atoms with van der Waals surface area (Å²) in [5, 5.41) is 2.53. The second kappa shape index (κ2) is 6.88. The van der Waals surface area contributed by atoms with Gasteiger partial charge < -0.3 is 10.2 Å². The lowest BCUT2D eigenvalue weighted by Gasteiger charge is -2.24. The molecular weight excluding hydrogens is 386 g/mol.